The van der Waals surface area contributed by atoms with Crippen LogP contribution in [0.3, 0.4) is 0 Å². The predicted molar refractivity (Wildman–Crippen MR) is 61.9 cm³/mol. The van der Waals surface area contributed by atoms with Crippen LogP contribution in [0.2, 0.25) is 0 Å². The maximum Gasteiger partial charge on any atom is 0.273 e. The summed E-state index contributed by atoms with van der Waals surface area (Å²) in [7, 11) is 3.24. The van der Waals surface area contributed by atoms with Gasteiger partial charge in [0.15, 0.2) is 6.10 Å². The molecule has 1 unspecified atom stereocenters. The Morgan fingerprint density at radius 3 is 2.65 bits per heavy atom. The van der Waals surface area contributed by atoms with Crippen LogP contribution in [-0.4, -0.2) is 35.9 Å². The van der Waals surface area contributed by atoms with Crippen LogP contribution in [0.15, 0.2) is 24.3 Å². The van der Waals surface area contributed by atoms with Gasteiger partial charge in [0.05, 0.1) is 11.0 Å². The van der Waals surface area contributed by atoms with Gasteiger partial charge in [-0.15, -0.1) is 0 Å². The van der Waals surface area contributed by atoms with Gasteiger partial charge in [0.2, 0.25) is 0 Å². The summed E-state index contributed by atoms with van der Waals surface area (Å²) >= 11 is 0. The second kappa shape index (κ2) is 5.29. The van der Waals surface area contributed by atoms with Gasteiger partial charge < -0.3 is 9.64 Å². The normalized spacial score (nSPS) is 11.7. The van der Waals surface area contributed by atoms with Gasteiger partial charge in [-0.05, 0) is 13.0 Å². The summed E-state index contributed by atoms with van der Waals surface area (Å²) < 4.78 is 5.33. The molecule has 0 aliphatic heterocycles. The number of benzene rings is 1. The highest BCUT2D eigenvalue weighted by molar-refractivity contribution is 5.80. The maximum absolute atomic E-state index is 11.5. The molecule has 1 amide bonds. The van der Waals surface area contributed by atoms with Crippen molar-refractivity contribution in [1.29, 1.82) is 0 Å². The minimum Gasteiger partial charge on any atom is -0.481 e. The highest BCUT2D eigenvalue weighted by Crippen LogP contribution is 2.20. The van der Waals surface area contributed by atoms with Crippen LogP contribution in [0, 0.1) is 10.1 Å². The van der Waals surface area contributed by atoms with E-state index in [1.807, 2.05) is 0 Å². The molecule has 0 spiro atoms. The Balaban J connectivity index is 2.78. The number of carbonyl (C=O) groups is 1. The SMILES string of the molecule is CC(Oc1cccc([N+](=O)[O-])c1)C(=O)N(C)C. The molecule has 0 saturated heterocycles. The van der Waals surface area contributed by atoms with Gasteiger partial charge >= 0.3 is 0 Å². The molecular weight excluding hydrogens is 224 g/mol. The first kappa shape index (κ1) is 13.0. The Morgan fingerprint density at radius 2 is 2.12 bits per heavy atom. The number of carbonyl (C=O) groups excluding carboxylic acids is 1. The molecule has 0 aliphatic carbocycles. The second-order valence-electron chi connectivity index (χ2n) is 3.75. The van der Waals surface area contributed by atoms with Gasteiger partial charge in [0.25, 0.3) is 11.6 Å². The van der Waals surface area contributed by atoms with Gasteiger partial charge in [-0.1, -0.05) is 6.07 Å². The van der Waals surface area contributed by atoms with Crippen molar-refractivity contribution in [3.63, 3.8) is 0 Å². The second-order valence-corrected chi connectivity index (χ2v) is 3.75. The summed E-state index contributed by atoms with van der Waals surface area (Å²) in [6.07, 6.45) is -0.674. The average molecular weight is 238 g/mol. The third-order valence-corrected chi connectivity index (χ3v) is 2.13. The average Bonchev–Trinajstić information content (AvgIpc) is 2.28. The Bertz CT molecular complexity index is 431. The quantitative estimate of drug-likeness (QED) is 0.588. The lowest BCUT2D eigenvalue weighted by Gasteiger charge is -2.18. The zero-order valence-corrected chi connectivity index (χ0v) is 9.91. The van der Waals surface area contributed by atoms with E-state index in [-0.39, 0.29) is 11.6 Å². The number of nitro groups is 1. The lowest BCUT2D eigenvalue weighted by molar-refractivity contribution is -0.384. The van der Waals surface area contributed by atoms with Crippen LogP contribution in [0.4, 0.5) is 5.69 Å². The summed E-state index contributed by atoms with van der Waals surface area (Å²) in [4.78, 5) is 23.0. The monoisotopic (exact) mass is 238 g/mol. The van der Waals surface area contributed by atoms with Crippen LogP contribution in [0.5, 0.6) is 5.75 Å². The molecule has 1 aromatic carbocycles. The van der Waals surface area contributed by atoms with Gasteiger partial charge in [0.1, 0.15) is 5.75 Å². The van der Waals surface area contributed by atoms with E-state index in [0.29, 0.717) is 5.75 Å². The van der Waals surface area contributed by atoms with Gasteiger partial charge in [0, 0.05) is 20.2 Å². The number of likely N-dealkylation sites (N-methyl/N-ethyl adjacent to an activating group) is 1. The van der Waals surface area contributed by atoms with E-state index in [1.54, 1.807) is 27.1 Å². The fourth-order valence-corrected chi connectivity index (χ4v) is 1.29. The number of ether oxygens (including phenoxy) is 1. The fourth-order valence-electron chi connectivity index (χ4n) is 1.29. The van der Waals surface area contributed by atoms with Crippen LogP contribution in [-0.2, 0) is 4.79 Å². The molecule has 0 radical (unpaired) electrons. The van der Waals surface area contributed by atoms with Crippen LogP contribution in [0.1, 0.15) is 6.92 Å². The van der Waals surface area contributed by atoms with Gasteiger partial charge in [-0.25, -0.2) is 0 Å². The third kappa shape index (κ3) is 3.44. The van der Waals surface area contributed by atoms with Crippen LogP contribution in [0.25, 0.3) is 0 Å². The molecule has 1 atom stereocenters. The van der Waals surface area contributed by atoms with E-state index >= 15 is 0 Å². The summed E-state index contributed by atoms with van der Waals surface area (Å²) in [5.74, 6) is 0.110. The lowest BCUT2D eigenvalue weighted by Crippen LogP contribution is -2.35. The van der Waals surface area contributed by atoms with Gasteiger partial charge in [-0.3, -0.25) is 14.9 Å². The number of non-ortho nitro benzene ring substituents is 1. The standard InChI is InChI=1S/C11H14N2O4/c1-8(11(14)12(2)3)17-10-6-4-5-9(7-10)13(15)16/h4-8H,1-3H3. The van der Waals surface area contributed by atoms with Crippen LogP contribution >= 0.6 is 0 Å². The molecule has 1 rings (SSSR count). The summed E-state index contributed by atoms with van der Waals surface area (Å²) in [5, 5.41) is 10.6. The number of nitro benzene ring substituents is 1. The topological polar surface area (TPSA) is 72.7 Å². The van der Waals surface area contributed by atoms with E-state index in [2.05, 4.69) is 0 Å². The molecule has 0 bridgehead atoms. The molecule has 0 heterocycles. The van der Waals surface area contributed by atoms with Crippen molar-refractivity contribution in [1.82, 2.24) is 4.90 Å². The number of nitrogens with zero attached hydrogens (tertiary/aromatic N) is 2. The Labute approximate surface area is 98.9 Å². The van der Waals surface area contributed by atoms with Crippen molar-refractivity contribution in [3.8, 4) is 5.75 Å². The molecule has 0 saturated carbocycles. The smallest absolute Gasteiger partial charge is 0.273 e. The molecule has 6 heteroatoms. The minimum atomic E-state index is -0.674. The van der Waals surface area contributed by atoms with E-state index < -0.39 is 11.0 Å². The maximum atomic E-state index is 11.5. The molecule has 0 aliphatic rings. The molecule has 0 fully saturated rings. The zero-order chi connectivity index (χ0) is 13.0. The first-order valence-corrected chi connectivity index (χ1v) is 5.04. The summed E-state index contributed by atoms with van der Waals surface area (Å²) in [5.41, 5.74) is -0.0630. The first-order valence-electron chi connectivity index (χ1n) is 5.04. The number of hydrogen-bond acceptors (Lipinski definition) is 4. The number of rotatable bonds is 4. The van der Waals surface area contributed by atoms with E-state index in [1.165, 1.54) is 23.1 Å². The van der Waals surface area contributed by atoms with Crippen molar-refractivity contribution in [2.24, 2.45) is 0 Å². The molecule has 92 valence electrons. The largest absolute Gasteiger partial charge is 0.481 e. The fraction of sp³-hybridized carbons (Fsp3) is 0.364. The van der Waals surface area contributed by atoms with Crippen LogP contribution < -0.4 is 4.74 Å². The number of hydrogen-bond donors (Lipinski definition) is 0. The van der Waals surface area contributed by atoms with E-state index in [0.717, 1.165) is 0 Å². The van der Waals surface area contributed by atoms with Crippen molar-refractivity contribution in [3.05, 3.63) is 34.4 Å². The highest BCUT2D eigenvalue weighted by Gasteiger charge is 2.17. The Kier molecular flexibility index (Phi) is 4.03. The molecule has 17 heavy (non-hydrogen) atoms. The highest BCUT2D eigenvalue weighted by atomic mass is 16.6. The van der Waals surface area contributed by atoms with E-state index in [9.17, 15) is 14.9 Å². The molecule has 0 N–H and O–H groups in total. The number of amides is 1. The molecular formula is C11H14N2O4. The predicted octanol–water partition coefficient (Wildman–Crippen LogP) is 1.45. The summed E-state index contributed by atoms with van der Waals surface area (Å²) in [6.45, 7) is 1.60. The van der Waals surface area contributed by atoms with Crippen molar-refractivity contribution >= 4 is 11.6 Å². The van der Waals surface area contributed by atoms with Gasteiger partial charge in [-0.2, -0.15) is 0 Å². The molecule has 1 aromatic rings. The third-order valence-electron chi connectivity index (χ3n) is 2.13. The Hall–Kier alpha value is -2.11. The molecule has 6 nitrogen and oxygen atoms in total. The van der Waals surface area contributed by atoms with Crippen molar-refractivity contribution < 1.29 is 14.5 Å². The minimum absolute atomic E-state index is 0.0630. The van der Waals surface area contributed by atoms with E-state index in [4.69, 9.17) is 4.74 Å². The first-order chi connectivity index (χ1) is 7.91. The van der Waals surface area contributed by atoms with Crippen molar-refractivity contribution in [2.45, 2.75) is 13.0 Å². The summed E-state index contributed by atoms with van der Waals surface area (Å²) in [6, 6.07) is 5.75. The Morgan fingerprint density at radius 1 is 1.47 bits per heavy atom. The zero-order valence-electron chi connectivity index (χ0n) is 9.91. The lowest BCUT2D eigenvalue weighted by atomic mass is 10.3. The molecule has 0 aromatic heterocycles. The van der Waals surface area contributed by atoms with Crippen molar-refractivity contribution in [2.75, 3.05) is 14.1 Å².